The van der Waals surface area contributed by atoms with E-state index in [-0.39, 0.29) is 11.8 Å². The molecule has 9 heteroatoms. The van der Waals surface area contributed by atoms with Crippen molar-refractivity contribution < 1.29 is 4.79 Å². The van der Waals surface area contributed by atoms with Crippen LogP contribution in [0, 0.1) is 5.92 Å². The Balaban J connectivity index is 1.41. The average Bonchev–Trinajstić information content (AvgIpc) is 3.53. The van der Waals surface area contributed by atoms with Gasteiger partial charge in [0.15, 0.2) is 5.82 Å². The SMILES string of the molecule is CC(C)C(=O)Nc1cncc(-c2ccc3[nH]nc(-c4nc5c(-c6ccccn6)nccc5[nH]4)c3c2)c1. The normalized spacial score (nSPS) is 11.4. The summed E-state index contributed by atoms with van der Waals surface area (Å²) in [6, 6.07) is 15.5. The van der Waals surface area contributed by atoms with Crippen molar-refractivity contribution in [2.45, 2.75) is 13.8 Å². The van der Waals surface area contributed by atoms with Gasteiger partial charge in [-0.25, -0.2) is 4.98 Å². The molecule has 9 nitrogen and oxygen atoms in total. The van der Waals surface area contributed by atoms with E-state index in [1.165, 1.54) is 0 Å². The molecule has 0 unspecified atom stereocenters. The molecule has 0 aliphatic heterocycles. The summed E-state index contributed by atoms with van der Waals surface area (Å²) in [6.45, 7) is 3.71. The summed E-state index contributed by atoms with van der Waals surface area (Å²) in [7, 11) is 0. The van der Waals surface area contributed by atoms with Crippen LogP contribution in [0.2, 0.25) is 0 Å². The number of H-pyrrole nitrogens is 2. The number of pyridine rings is 3. The second-order valence-corrected chi connectivity index (χ2v) is 8.79. The summed E-state index contributed by atoms with van der Waals surface area (Å²) in [5.74, 6) is 0.469. The highest BCUT2D eigenvalue weighted by Crippen LogP contribution is 2.32. The summed E-state index contributed by atoms with van der Waals surface area (Å²) < 4.78 is 0. The molecular weight excluding hydrogens is 452 g/mol. The number of aromatic nitrogens is 7. The number of benzene rings is 1. The summed E-state index contributed by atoms with van der Waals surface area (Å²) in [4.78, 5) is 33.6. The number of aromatic amines is 2. The lowest BCUT2D eigenvalue weighted by molar-refractivity contribution is -0.118. The van der Waals surface area contributed by atoms with Gasteiger partial charge in [-0.1, -0.05) is 26.0 Å². The monoisotopic (exact) mass is 474 g/mol. The quantitative estimate of drug-likeness (QED) is 0.315. The molecule has 6 rings (SSSR count). The minimum atomic E-state index is -0.115. The molecule has 3 N–H and O–H groups in total. The predicted octanol–water partition coefficient (Wildman–Crippen LogP) is 5.22. The number of amides is 1. The zero-order valence-corrected chi connectivity index (χ0v) is 19.6. The Kier molecular flexibility index (Phi) is 5.22. The molecule has 0 bridgehead atoms. The molecule has 1 amide bonds. The second kappa shape index (κ2) is 8.70. The molecule has 5 heterocycles. The van der Waals surface area contributed by atoms with Crippen molar-refractivity contribution in [3.63, 3.8) is 0 Å². The molecule has 0 saturated carbocycles. The standard InChI is InChI=1S/C27H22N8O/c1-15(2)27(36)31-18-11-17(13-28-14-18)16-6-7-20-19(12-16)23(35-34-20)26-32-22-8-10-30-24(25(22)33-26)21-5-3-4-9-29-21/h3-15H,1-2H3,(H,31,36)(H,32,33)(H,34,35). The minimum absolute atomic E-state index is 0.0500. The highest BCUT2D eigenvalue weighted by Gasteiger charge is 2.17. The number of rotatable bonds is 5. The molecule has 5 aromatic heterocycles. The van der Waals surface area contributed by atoms with E-state index in [2.05, 4.69) is 35.5 Å². The van der Waals surface area contributed by atoms with Crippen LogP contribution in [0.5, 0.6) is 0 Å². The van der Waals surface area contributed by atoms with Gasteiger partial charge in [-0.2, -0.15) is 5.10 Å². The van der Waals surface area contributed by atoms with Crippen molar-refractivity contribution in [2.24, 2.45) is 5.92 Å². The van der Waals surface area contributed by atoms with Gasteiger partial charge in [0.2, 0.25) is 5.91 Å². The van der Waals surface area contributed by atoms with Gasteiger partial charge in [0.25, 0.3) is 0 Å². The third-order valence-electron chi connectivity index (χ3n) is 5.96. The van der Waals surface area contributed by atoms with E-state index in [1.807, 2.05) is 62.4 Å². The van der Waals surface area contributed by atoms with E-state index >= 15 is 0 Å². The zero-order valence-electron chi connectivity index (χ0n) is 19.6. The Morgan fingerprint density at radius 1 is 0.917 bits per heavy atom. The molecule has 0 atom stereocenters. The number of nitrogens with zero attached hydrogens (tertiary/aromatic N) is 5. The molecule has 6 aromatic rings. The van der Waals surface area contributed by atoms with Gasteiger partial charge in [0, 0.05) is 35.5 Å². The lowest BCUT2D eigenvalue weighted by Gasteiger charge is -2.09. The highest BCUT2D eigenvalue weighted by atomic mass is 16.1. The molecule has 0 spiro atoms. The van der Waals surface area contributed by atoms with Crippen LogP contribution in [0.25, 0.3) is 56.0 Å². The van der Waals surface area contributed by atoms with E-state index in [0.717, 1.165) is 38.8 Å². The minimum Gasteiger partial charge on any atom is -0.336 e. The van der Waals surface area contributed by atoms with Crippen LogP contribution in [0.3, 0.4) is 0 Å². The molecule has 36 heavy (non-hydrogen) atoms. The third-order valence-corrected chi connectivity index (χ3v) is 5.96. The molecule has 1 aromatic carbocycles. The molecular formula is C27H22N8O. The van der Waals surface area contributed by atoms with Gasteiger partial charge in [0.1, 0.15) is 16.9 Å². The molecule has 176 valence electrons. The number of imidazole rings is 1. The molecule has 0 aliphatic carbocycles. The van der Waals surface area contributed by atoms with Crippen LogP contribution >= 0.6 is 0 Å². The van der Waals surface area contributed by atoms with Crippen molar-refractivity contribution in [1.82, 2.24) is 35.1 Å². The van der Waals surface area contributed by atoms with Crippen LogP contribution < -0.4 is 5.32 Å². The molecule has 0 saturated heterocycles. The summed E-state index contributed by atoms with van der Waals surface area (Å²) in [5, 5.41) is 11.5. The Morgan fingerprint density at radius 3 is 2.67 bits per heavy atom. The fraction of sp³-hybridized carbons (Fsp3) is 0.111. The Morgan fingerprint density at radius 2 is 1.83 bits per heavy atom. The maximum atomic E-state index is 12.1. The lowest BCUT2D eigenvalue weighted by atomic mass is 10.0. The van der Waals surface area contributed by atoms with Crippen molar-refractivity contribution in [2.75, 3.05) is 5.32 Å². The van der Waals surface area contributed by atoms with E-state index in [4.69, 9.17) is 4.98 Å². The van der Waals surface area contributed by atoms with Crippen molar-refractivity contribution in [3.8, 4) is 34.0 Å². The first-order valence-electron chi connectivity index (χ1n) is 11.6. The van der Waals surface area contributed by atoms with Gasteiger partial charge in [0.05, 0.1) is 28.6 Å². The molecule has 0 aliphatic rings. The fourth-order valence-electron chi connectivity index (χ4n) is 4.06. The third kappa shape index (κ3) is 3.86. The zero-order chi connectivity index (χ0) is 24.6. The second-order valence-electron chi connectivity index (χ2n) is 8.79. The Labute approximate surface area is 206 Å². The summed E-state index contributed by atoms with van der Waals surface area (Å²) in [5.41, 5.74) is 7.13. The molecule has 0 radical (unpaired) electrons. The number of hydrogen-bond donors (Lipinski definition) is 3. The maximum Gasteiger partial charge on any atom is 0.226 e. The van der Waals surface area contributed by atoms with E-state index in [9.17, 15) is 4.79 Å². The number of carbonyl (C=O) groups is 1. The largest absolute Gasteiger partial charge is 0.336 e. The maximum absolute atomic E-state index is 12.1. The Bertz CT molecular complexity index is 1720. The topological polar surface area (TPSA) is 125 Å². The average molecular weight is 475 g/mol. The lowest BCUT2D eigenvalue weighted by Crippen LogP contribution is -2.17. The summed E-state index contributed by atoms with van der Waals surface area (Å²) >= 11 is 0. The number of nitrogens with one attached hydrogen (secondary N) is 3. The first kappa shape index (κ1) is 21.6. The van der Waals surface area contributed by atoms with Crippen molar-refractivity contribution in [1.29, 1.82) is 0 Å². The first-order chi connectivity index (χ1) is 17.6. The number of carbonyl (C=O) groups excluding carboxylic acids is 1. The number of anilines is 1. The number of hydrogen-bond acceptors (Lipinski definition) is 6. The van der Waals surface area contributed by atoms with E-state index < -0.39 is 0 Å². The van der Waals surface area contributed by atoms with Crippen molar-refractivity contribution >= 4 is 33.5 Å². The van der Waals surface area contributed by atoms with Gasteiger partial charge in [-0.05, 0) is 42.0 Å². The van der Waals surface area contributed by atoms with Crippen LogP contribution in [0.15, 0.2) is 73.3 Å². The Hall–Kier alpha value is -4.92. The highest BCUT2D eigenvalue weighted by molar-refractivity contribution is 5.98. The van der Waals surface area contributed by atoms with Crippen LogP contribution in [0.4, 0.5) is 5.69 Å². The van der Waals surface area contributed by atoms with Gasteiger partial charge in [-0.15, -0.1) is 0 Å². The first-order valence-corrected chi connectivity index (χ1v) is 11.6. The van der Waals surface area contributed by atoms with Crippen LogP contribution in [-0.2, 0) is 4.79 Å². The van der Waals surface area contributed by atoms with Crippen LogP contribution in [-0.4, -0.2) is 41.0 Å². The summed E-state index contributed by atoms with van der Waals surface area (Å²) in [6.07, 6.45) is 6.91. The van der Waals surface area contributed by atoms with Crippen LogP contribution in [0.1, 0.15) is 13.8 Å². The number of fused-ring (bicyclic) bond motifs is 2. The van der Waals surface area contributed by atoms with Gasteiger partial charge >= 0.3 is 0 Å². The smallest absolute Gasteiger partial charge is 0.226 e. The van der Waals surface area contributed by atoms with E-state index in [1.54, 1.807) is 24.8 Å². The van der Waals surface area contributed by atoms with Crippen molar-refractivity contribution in [3.05, 3.63) is 73.3 Å². The van der Waals surface area contributed by atoms with Gasteiger partial charge in [-0.3, -0.25) is 24.8 Å². The predicted molar refractivity (Wildman–Crippen MR) is 139 cm³/mol. The van der Waals surface area contributed by atoms with E-state index in [0.29, 0.717) is 22.9 Å². The molecule has 0 fully saturated rings. The fourth-order valence-corrected chi connectivity index (χ4v) is 4.06. The van der Waals surface area contributed by atoms with Gasteiger partial charge < -0.3 is 10.3 Å².